The molecule has 0 bridgehead atoms. The predicted molar refractivity (Wildman–Crippen MR) is 113 cm³/mol. The van der Waals surface area contributed by atoms with Crippen molar-refractivity contribution >= 4 is 23.2 Å². The largest absolute Gasteiger partial charge is 0.459 e. The van der Waals surface area contributed by atoms with E-state index >= 15 is 0 Å². The molecule has 0 aliphatic heterocycles. The van der Waals surface area contributed by atoms with Crippen LogP contribution in [0.2, 0.25) is 10.0 Å². The number of aryl methyl sites for hydroxylation is 2. The number of hydrogen-bond acceptors (Lipinski definition) is 6. The lowest BCUT2D eigenvalue weighted by molar-refractivity contribution is -0.291. The number of nitrogens with one attached hydrogen (secondary N) is 1. The third-order valence-electron chi connectivity index (χ3n) is 4.65. The van der Waals surface area contributed by atoms with E-state index in [1.165, 1.54) is 13.8 Å². The maximum absolute atomic E-state index is 14.3. The van der Waals surface area contributed by atoms with Gasteiger partial charge < -0.3 is 9.72 Å². The minimum absolute atomic E-state index is 0.0710. The van der Waals surface area contributed by atoms with Crippen LogP contribution in [0.5, 0.6) is 11.5 Å². The van der Waals surface area contributed by atoms with Gasteiger partial charge in [-0.25, -0.2) is 9.97 Å². The number of alkyl halides is 5. The fourth-order valence-electron chi connectivity index (χ4n) is 2.96. The standard InChI is InChI=1S/C20H12Cl2F5N5O3/c1-8-11(17(33)31-9(2)30-8)6-32-7-29-16(19(23,24)20(25,26)27)15(18(32)34)35-14-12(21)3-10(5-28)4-13(14)22/h3-4,7H,6H2,1-2H3,(H,30,31,33). The van der Waals surface area contributed by atoms with Crippen LogP contribution in [-0.2, 0) is 12.5 Å². The fraction of sp³-hybridized carbons (Fsp3) is 0.250. The Balaban J connectivity index is 2.25. The lowest BCUT2D eigenvalue weighted by Gasteiger charge is -2.22. The van der Waals surface area contributed by atoms with Crippen LogP contribution in [0.1, 0.15) is 28.3 Å². The molecule has 0 aliphatic rings. The van der Waals surface area contributed by atoms with Gasteiger partial charge in [0, 0.05) is 5.69 Å². The molecule has 8 nitrogen and oxygen atoms in total. The molecule has 0 spiro atoms. The Hall–Kier alpha value is -3.50. The monoisotopic (exact) mass is 535 g/mol. The molecule has 2 heterocycles. The van der Waals surface area contributed by atoms with Gasteiger partial charge in [0.2, 0.25) is 5.75 Å². The molecule has 2 aromatic heterocycles. The molecule has 0 amide bonds. The minimum Gasteiger partial charge on any atom is -0.446 e. The van der Waals surface area contributed by atoms with Crippen molar-refractivity contribution in [3.8, 4) is 17.6 Å². The van der Waals surface area contributed by atoms with Crippen LogP contribution in [-0.4, -0.2) is 25.7 Å². The number of nitriles is 1. The summed E-state index contributed by atoms with van der Waals surface area (Å²) >= 11 is 11.9. The van der Waals surface area contributed by atoms with E-state index < -0.39 is 57.0 Å². The zero-order chi connectivity index (χ0) is 26.3. The summed E-state index contributed by atoms with van der Waals surface area (Å²) in [5.74, 6) is -7.53. The summed E-state index contributed by atoms with van der Waals surface area (Å²) in [6, 6.07) is 3.71. The van der Waals surface area contributed by atoms with Gasteiger partial charge in [-0.2, -0.15) is 27.2 Å². The summed E-state index contributed by atoms with van der Waals surface area (Å²) in [7, 11) is 0. The highest BCUT2D eigenvalue weighted by Crippen LogP contribution is 2.47. The van der Waals surface area contributed by atoms with Gasteiger partial charge in [-0.1, -0.05) is 23.2 Å². The van der Waals surface area contributed by atoms with E-state index in [-0.39, 0.29) is 22.6 Å². The van der Waals surface area contributed by atoms with Gasteiger partial charge >= 0.3 is 12.1 Å². The molecular weight excluding hydrogens is 524 g/mol. The number of halogens is 7. The first-order valence-corrected chi connectivity index (χ1v) is 10.1. The van der Waals surface area contributed by atoms with E-state index in [0.717, 1.165) is 12.1 Å². The molecule has 1 aromatic carbocycles. The lowest BCUT2D eigenvalue weighted by Crippen LogP contribution is -2.38. The highest BCUT2D eigenvalue weighted by Gasteiger charge is 2.62. The van der Waals surface area contributed by atoms with E-state index in [2.05, 4.69) is 15.0 Å². The molecule has 3 aromatic rings. The van der Waals surface area contributed by atoms with Crippen molar-refractivity contribution in [1.29, 1.82) is 5.26 Å². The summed E-state index contributed by atoms with van der Waals surface area (Å²) in [6.45, 7) is 2.36. The van der Waals surface area contributed by atoms with Crippen LogP contribution in [0.25, 0.3) is 0 Å². The number of aromatic nitrogens is 4. The van der Waals surface area contributed by atoms with Crippen molar-refractivity contribution < 1.29 is 26.7 Å². The van der Waals surface area contributed by atoms with E-state index in [0.29, 0.717) is 10.9 Å². The molecule has 0 saturated heterocycles. The number of nitrogens with zero attached hydrogens (tertiary/aromatic N) is 4. The summed E-state index contributed by atoms with van der Waals surface area (Å²) < 4.78 is 73.6. The van der Waals surface area contributed by atoms with Crippen molar-refractivity contribution in [2.24, 2.45) is 0 Å². The van der Waals surface area contributed by atoms with Gasteiger partial charge in [-0.3, -0.25) is 14.2 Å². The Bertz CT molecular complexity index is 1450. The van der Waals surface area contributed by atoms with Crippen LogP contribution in [0, 0.1) is 25.2 Å². The zero-order valence-electron chi connectivity index (χ0n) is 17.6. The lowest BCUT2D eigenvalue weighted by atomic mass is 10.2. The molecule has 0 unspecified atom stereocenters. The third-order valence-corrected chi connectivity index (χ3v) is 5.21. The van der Waals surface area contributed by atoms with Crippen LogP contribution in [0.4, 0.5) is 22.0 Å². The van der Waals surface area contributed by atoms with Crippen molar-refractivity contribution in [3.63, 3.8) is 0 Å². The number of hydrogen-bond donors (Lipinski definition) is 1. The highest BCUT2D eigenvalue weighted by molar-refractivity contribution is 6.37. The molecule has 15 heteroatoms. The highest BCUT2D eigenvalue weighted by atomic mass is 35.5. The maximum atomic E-state index is 14.3. The van der Waals surface area contributed by atoms with Gasteiger partial charge in [0.1, 0.15) is 5.82 Å². The Labute approximate surface area is 202 Å². The number of benzene rings is 1. The fourth-order valence-corrected chi connectivity index (χ4v) is 3.53. The van der Waals surface area contributed by atoms with E-state index in [1.54, 1.807) is 6.07 Å². The second-order valence-corrected chi connectivity index (χ2v) is 7.94. The third kappa shape index (κ3) is 4.98. The molecule has 0 atom stereocenters. The van der Waals surface area contributed by atoms with Crippen molar-refractivity contribution in [1.82, 2.24) is 19.5 Å². The SMILES string of the molecule is Cc1nc(C)c(Cn2cnc(C(F)(F)C(F)(F)F)c(Oc3c(Cl)cc(C#N)cc3Cl)c2=O)c(=O)[nH]1. The molecule has 184 valence electrons. The van der Waals surface area contributed by atoms with Gasteiger partial charge in [0.25, 0.3) is 11.1 Å². The number of H-pyrrole nitrogens is 1. The van der Waals surface area contributed by atoms with E-state index in [4.69, 9.17) is 33.2 Å². The first kappa shape index (κ1) is 26.1. The smallest absolute Gasteiger partial charge is 0.446 e. The number of aromatic amines is 1. The zero-order valence-corrected chi connectivity index (χ0v) is 19.1. The maximum Gasteiger partial charge on any atom is 0.459 e. The van der Waals surface area contributed by atoms with Crippen LogP contribution < -0.4 is 15.9 Å². The summed E-state index contributed by atoms with van der Waals surface area (Å²) in [5, 5.41) is 8.07. The van der Waals surface area contributed by atoms with E-state index in [1.807, 2.05) is 0 Å². The van der Waals surface area contributed by atoms with Crippen LogP contribution in [0.15, 0.2) is 28.0 Å². The normalized spacial score (nSPS) is 11.9. The average molecular weight is 536 g/mol. The summed E-state index contributed by atoms with van der Waals surface area (Å²) in [4.78, 5) is 34.9. The second kappa shape index (κ2) is 9.27. The summed E-state index contributed by atoms with van der Waals surface area (Å²) in [6.07, 6.45) is -5.71. The quantitative estimate of drug-likeness (QED) is 0.477. The van der Waals surface area contributed by atoms with Gasteiger partial charge in [0.05, 0.1) is 40.1 Å². The Morgan fingerprint density at radius 3 is 2.23 bits per heavy atom. The van der Waals surface area contributed by atoms with Crippen LogP contribution >= 0.6 is 23.2 Å². The van der Waals surface area contributed by atoms with Gasteiger partial charge in [-0.15, -0.1) is 0 Å². The molecule has 3 rings (SSSR count). The molecule has 0 saturated carbocycles. The molecule has 0 aliphatic carbocycles. The van der Waals surface area contributed by atoms with E-state index in [9.17, 15) is 31.5 Å². The van der Waals surface area contributed by atoms with Gasteiger partial charge in [-0.05, 0) is 26.0 Å². The molecule has 35 heavy (non-hydrogen) atoms. The topological polar surface area (TPSA) is 114 Å². The predicted octanol–water partition coefficient (Wildman–Crippen LogP) is 4.62. The molecule has 0 radical (unpaired) electrons. The van der Waals surface area contributed by atoms with Crippen molar-refractivity contribution in [3.05, 3.63) is 77.6 Å². The Kier molecular flexibility index (Phi) is 6.92. The first-order chi connectivity index (χ1) is 16.2. The number of ether oxygens (including phenoxy) is 1. The summed E-state index contributed by atoms with van der Waals surface area (Å²) in [5.41, 5.74) is -4.16. The Morgan fingerprint density at radius 1 is 1.11 bits per heavy atom. The average Bonchev–Trinajstić information content (AvgIpc) is 2.73. The molecule has 0 fully saturated rings. The second-order valence-electron chi connectivity index (χ2n) is 7.13. The number of rotatable bonds is 5. The van der Waals surface area contributed by atoms with Crippen molar-refractivity contribution in [2.75, 3.05) is 0 Å². The van der Waals surface area contributed by atoms with Gasteiger partial charge in [0.15, 0.2) is 11.4 Å². The first-order valence-electron chi connectivity index (χ1n) is 9.35. The minimum atomic E-state index is -6.14. The van der Waals surface area contributed by atoms with Crippen molar-refractivity contribution in [2.45, 2.75) is 32.5 Å². The van der Waals surface area contributed by atoms with Crippen LogP contribution in [0.3, 0.4) is 0 Å². The molecular formula is C20H12Cl2F5N5O3. The molecule has 1 N–H and O–H groups in total. The Morgan fingerprint density at radius 2 is 1.71 bits per heavy atom.